The quantitative estimate of drug-likeness (QED) is 0.801. The molecular formula is C15H21FN2O3. The summed E-state index contributed by atoms with van der Waals surface area (Å²) in [6.07, 6.45) is 0. The summed E-state index contributed by atoms with van der Waals surface area (Å²) < 4.78 is 13.6. The van der Waals surface area contributed by atoms with Crippen LogP contribution in [0.3, 0.4) is 0 Å². The summed E-state index contributed by atoms with van der Waals surface area (Å²) in [4.78, 5) is 23.7. The minimum absolute atomic E-state index is 0.167. The maximum Gasteiger partial charge on any atom is 0.320 e. The molecule has 0 spiro atoms. The Hall–Kier alpha value is -1.95. The number of rotatable bonds is 7. The van der Waals surface area contributed by atoms with Crippen molar-refractivity contribution in [2.75, 3.05) is 13.1 Å². The largest absolute Gasteiger partial charge is 0.480 e. The SMILES string of the molecule is CC(=O)NCCN(Cc1ccc(C)c(F)c1)C(C)C(=O)O. The topological polar surface area (TPSA) is 69.6 Å². The second-order valence-corrected chi connectivity index (χ2v) is 5.05. The van der Waals surface area contributed by atoms with Crippen LogP contribution in [-0.2, 0) is 16.1 Å². The lowest BCUT2D eigenvalue weighted by molar-refractivity contribution is -0.142. The third-order valence-corrected chi connectivity index (χ3v) is 3.30. The highest BCUT2D eigenvalue weighted by atomic mass is 19.1. The zero-order valence-electron chi connectivity index (χ0n) is 12.5. The highest BCUT2D eigenvalue weighted by molar-refractivity contribution is 5.73. The van der Waals surface area contributed by atoms with Gasteiger partial charge in [0.05, 0.1) is 0 Å². The smallest absolute Gasteiger partial charge is 0.320 e. The summed E-state index contributed by atoms with van der Waals surface area (Å²) in [6, 6.07) is 4.14. The summed E-state index contributed by atoms with van der Waals surface area (Å²) in [7, 11) is 0. The lowest BCUT2D eigenvalue weighted by atomic mass is 10.1. The van der Waals surface area contributed by atoms with Gasteiger partial charge in [0.15, 0.2) is 0 Å². The zero-order chi connectivity index (χ0) is 16.0. The van der Waals surface area contributed by atoms with E-state index in [-0.39, 0.29) is 11.7 Å². The number of aryl methyl sites for hydroxylation is 1. The molecule has 2 N–H and O–H groups in total. The molecule has 1 aromatic rings. The van der Waals surface area contributed by atoms with E-state index in [2.05, 4.69) is 5.32 Å². The van der Waals surface area contributed by atoms with Crippen molar-refractivity contribution in [2.24, 2.45) is 0 Å². The van der Waals surface area contributed by atoms with Crippen LogP contribution in [0.1, 0.15) is 25.0 Å². The molecule has 0 aliphatic heterocycles. The van der Waals surface area contributed by atoms with Gasteiger partial charge in [-0.05, 0) is 31.0 Å². The van der Waals surface area contributed by atoms with Crippen molar-refractivity contribution < 1.29 is 19.1 Å². The van der Waals surface area contributed by atoms with Crippen molar-refractivity contribution in [1.29, 1.82) is 0 Å². The number of nitrogens with one attached hydrogen (secondary N) is 1. The predicted octanol–water partition coefficient (Wildman–Crippen LogP) is 1.55. The van der Waals surface area contributed by atoms with Crippen molar-refractivity contribution in [3.63, 3.8) is 0 Å². The zero-order valence-corrected chi connectivity index (χ0v) is 12.5. The van der Waals surface area contributed by atoms with Crippen molar-refractivity contribution in [1.82, 2.24) is 10.2 Å². The number of hydrogen-bond acceptors (Lipinski definition) is 3. The Morgan fingerprint density at radius 3 is 2.62 bits per heavy atom. The van der Waals surface area contributed by atoms with Gasteiger partial charge in [-0.25, -0.2) is 4.39 Å². The molecule has 116 valence electrons. The number of aliphatic carboxylic acids is 1. The van der Waals surface area contributed by atoms with Crippen molar-refractivity contribution in [3.05, 3.63) is 35.1 Å². The number of carbonyl (C=O) groups excluding carboxylic acids is 1. The van der Waals surface area contributed by atoms with Crippen molar-refractivity contribution >= 4 is 11.9 Å². The van der Waals surface area contributed by atoms with Crippen LogP contribution in [0.5, 0.6) is 0 Å². The second kappa shape index (κ2) is 7.73. The van der Waals surface area contributed by atoms with Gasteiger partial charge >= 0.3 is 5.97 Å². The van der Waals surface area contributed by atoms with Gasteiger partial charge in [0, 0.05) is 26.6 Å². The van der Waals surface area contributed by atoms with E-state index >= 15 is 0 Å². The normalized spacial score (nSPS) is 12.2. The van der Waals surface area contributed by atoms with Gasteiger partial charge in [-0.1, -0.05) is 12.1 Å². The van der Waals surface area contributed by atoms with E-state index < -0.39 is 12.0 Å². The van der Waals surface area contributed by atoms with Gasteiger partial charge in [0.2, 0.25) is 5.91 Å². The maximum atomic E-state index is 13.6. The standard InChI is InChI=1S/C15H21FN2O3/c1-10-4-5-13(8-14(10)16)9-18(11(2)15(20)21)7-6-17-12(3)19/h4-5,8,11H,6-7,9H2,1-3H3,(H,17,19)(H,20,21). The van der Waals surface area contributed by atoms with E-state index in [1.54, 1.807) is 30.9 Å². The highest BCUT2D eigenvalue weighted by Gasteiger charge is 2.20. The summed E-state index contributed by atoms with van der Waals surface area (Å²) >= 11 is 0. The molecule has 0 aromatic heterocycles. The number of benzene rings is 1. The first-order chi connectivity index (χ1) is 9.81. The molecule has 0 bridgehead atoms. The van der Waals surface area contributed by atoms with E-state index in [1.165, 1.54) is 13.0 Å². The third kappa shape index (κ3) is 5.51. The van der Waals surface area contributed by atoms with Gasteiger partial charge in [-0.15, -0.1) is 0 Å². The molecule has 0 saturated heterocycles. The molecule has 1 rings (SSSR count). The number of carboxylic acids is 1. The molecule has 0 fully saturated rings. The average molecular weight is 296 g/mol. The number of carboxylic acid groups (broad SMARTS) is 1. The van der Waals surface area contributed by atoms with Crippen LogP contribution in [0.15, 0.2) is 18.2 Å². The van der Waals surface area contributed by atoms with Gasteiger partial charge in [0.1, 0.15) is 11.9 Å². The molecule has 1 amide bonds. The fourth-order valence-electron chi connectivity index (χ4n) is 1.91. The number of nitrogens with zero attached hydrogens (tertiary/aromatic N) is 1. The molecule has 1 aromatic carbocycles. The molecule has 5 nitrogen and oxygen atoms in total. The van der Waals surface area contributed by atoms with E-state index in [9.17, 15) is 14.0 Å². The lowest BCUT2D eigenvalue weighted by Gasteiger charge is -2.26. The molecule has 0 radical (unpaired) electrons. The second-order valence-electron chi connectivity index (χ2n) is 5.05. The van der Waals surface area contributed by atoms with Crippen LogP contribution < -0.4 is 5.32 Å². The van der Waals surface area contributed by atoms with Crippen LogP contribution in [0.2, 0.25) is 0 Å². The minimum atomic E-state index is -0.953. The molecule has 6 heteroatoms. The van der Waals surface area contributed by atoms with Gasteiger partial charge in [-0.3, -0.25) is 14.5 Å². The Morgan fingerprint density at radius 1 is 1.43 bits per heavy atom. The van der Waals surface area contributed by atoms with Crippen molar-refractivity contribution in [3.8, 4) is 0 Å². The van der Waals surface area contributed by atoms with Gasteiger partial charge < -0.3 is 10.4 Å². The monoisotopic (exact) mass is 296 g/mol. The van der Waals surface area contributed by atoms with E-state index in [1.807, 2.05) is 0 Å². The summed E-state index contributed by atoms with van der Waals surface area (Å²) in [5.41, 5.74) is 1.25. The van der Waals surface area contributed by atoms with Crippen LogP contribution >= 0.6 is 0 Å². The Kier molecular flexibility index (Phi) is 6.30. The van der Waals surface area contributed by atoms with Crippen LogP contribution in [0.25, 0.3) is 0 Å². The fraction of sp³-hybridized carbons (Fsp3) is 0.467. The highest BCUT2D eigenvalue weighted by Crippen LogP contribution is 2.13. The van der Waals surface area contributed by atoms with Crippen molar-refractivity contribution in [2.45, 2.75) is 33.4 Å². The van der Waals surface area contributed by atoms with Crippen LogP contribution in [-0.4, -0.2) is 41.0 Å². The van der Waals surface area contributed by atoms with E-state index in [0.717, 1.165) is 0 Å². The molecule has 21 heavy (non-hydrogen) atoms. The molecule has 0 aliphatic carbocycles. The first kappa shape index (κ1) is 17.1. The molecule has 1 unspecified atom stereocenters. The Balaban J connectivity index is 2.77. The van der Waals surface area contributed by atoms with Gasteiger partial charge in [-0.2, -0.15) is 0 Å². The summed E-state index contributed by atoms with van der Waals surface area (Å²) in [6.45, 7) is 5.68. The van der Waals surface area contributed by atoms with Crippen LogP contribution in [0.4, 0.5) is 4.39 Å². The summed E-state index contributed by atoms with van der Waals surface area (Å²) in [5, 5.41) is 11.8. The average Bonchev–Trinajstić information content (AvgIpc) is 2.40. The minimum Gasteiger partial charge on any atom is -0.480 e. The van der Waals surface area contributed by atoms with E-state index in [0.29, 0.717) is 30.8 Å². The number of hydrogen-bond donors (Lipinski definition) is 2. The first-order valence-electron chi connectivity index (χ1n) is 6.77. The first-order valence-corrected chi connectivity index (χ1v) is 6.77. The predicted molar refractivity (Wildman–Crippen MR) is 77.3 cm³/mol. The Morgan fingerprint density at radius 2 is 2.10 bits per heavy atom. The van der Waals surface area contributed by atoms with Crippen LogP contribution in [0, 0.1) is 12.7 Å². The maximum absolute atomic E-state index is 13.6. The molecule has 0 saturated carbocycles. The molecular weight excluding hydrogens is 275 g/mol. The summed E-state index contributed by atoms with van der Waals surface area (Å²) in [5.74, 6) is -1.43. The molecule has 1 atom stereocenters. The number of amides is 1. The number of carbonyl (C=O) groups is 2. The number of halogens is 1. The van der Waals surface area contributed by atoms with E-state index in [4.69, 9.17) is 5.11 Å². The Labute approximate surface area is 123 Å². The fourth-order valence-corrected chi connectivity index (χ4v) is 1.91. The molecule has 0 heterocycles. The van der Waals surface area contributed by atoms with Gasteiger partial charge in [0.25, 0.3) is 0 Å². The lowest BCUT2D eigenvalue weighted by Crippen LogP contribution is -2.42. The third-order valence-electron chi connectivity index (χ3n) is 3.30. The molecule has 0 aliphatic rings. The Bertz CT molecular complexity index is 520.